The molecule has 0 bridgehead atoms. The average molecular weight is 356 g/mol. The lowest BCUT2D eigenvalue weighted by Gasteiger charge is -2.28. The number of piperidine rings is 1. The Labute approximate surface area is 146 Å². The third kappa shape index (κ3) is 6.59. The first-order valence-corrected chi connectivity index (χ1v) is 8.69. The minimum atomic E-state index is -1.01. The molecule has 0 spiro atoms. The molecule has 1 aromatic rings. The van der Waals surface area contributed by atoms with Crippen LogP contribution in [-0.4, -0.2) is 43.4 Å². The standard InChI is InChI=1S/C18H26F2N2O3/c1-12(13-3-2-6-21-9-13)7-18(24)22-10-14(23)11-25-15-4-5-16(19)17(20)8-15/h4-5,8,12-14,21,23H,2-3,6-7,9-11H2,1H3,(H,22,24). The van der Waals surface area contributed by atoms with Crippen LogP contribution in [0.5, 0.6) is 5.75 Å². The highest BCUT2D eigenvalue weighted by Crippen LogP contribution is 2.22. The van der Waals surface area contributed by atoms with Gasteiger partial charge < -0.3 is 20.5 Å². The van der Waals surface area contributed by atoms with Crippen molar-refractivity contribution in [2.45, 2.75) is 32.3 Å². The maximum atomic E-state index is 13.1. The topological polar surface area (TPSA) is 70.6 Å². The summed E-state index contributed by atoms with van der Waals surface area (Å²) in [6, 6.07) is 3.16. The van der Waals surface area contributed by atoms with Crippen molar-refractivity contribution in [2.24, 2.45) is 11.8 Å². The summed E-state index contributed by atoms with van der Waals surface area (Å²) < 4.78 is 31.1. The second-order valence-corrected chi connectivity index (χ2v) is 6.63. The number of carbonyl (C=O) groups is 1. The second-order valence-electron chi connectivity index (χ2n) is 6.63. The van der Waals surface area contributed by atoms with Gasteiger partial charge in [0.1, 0.15) is 18.5 Å². The lowest BCUT2D eigenvalue weighted by molar-refractivity contribution is -0.122. The number of benzene rings is 1. The first-order valence-electron chi connectivity index (χ1n) is 8.69. The molecular formula is C18H26F2N2O3. The van der Waals surface area contributed by atoms with E-state index in [1.807, 2.05) is 0 Å². The number of halogens is 2. The molecule has 25 heavy (non-hydrogen) atoms. The number of aliphatic hydroxyl groups excluding tert-OH is 1. The van der Waals surface area contributed by atoms with Crippen LogP contribution in [0.25, 0.3) is 0 Å². The first-order chi connectivity index (χ1) is 12.0. The highest BCUT2D eigenvalue weighted by atomic mass is 19.2. The fourth-order valence-corrected chi connectivity index (χ4v) is 2.95. The number of rotatable bonds is 8. The zero-order valence-electron chi connectivity index (χ0n) is 14.4. The van der Waals surface area contributed by atoms with E-state index in [1.165, 1.54) is 6.07 Å². The number of hydrogen-bond donors (Lipinski definition) is 3. The van der Waals surface area contributed by atoms with E-state index in [0.29, 0.717) is 12.3 Å². The van der Waals surface area contributed by atoms with Crippen molar-refractivity contribution in [1.29, 1.82) is 0 Å². The summed E-state index contributed by atoms with van der Waals surface area (Å²) in [5.41, 5.74) is 0. The van der Waals surface area contributed by atoms with Crippen molar-refractivity contribution in [3.8, 4) is 5.75 Å². The van der Waals surface area contributed by atoms with Crippen LogP contribution in [0.3, 0.4) is 0 Å². The Morgan fingerprint density at radius 2 is 2.24 bits per heavy atom. The Hall–Kier alpha value is -1.73. The molecule has 140 valence electrons. The van der Waals surface area contributed by atoms with Crippen LogP contribution in [0.15, 0.2) is 18.2 Å². The van der Waals surface area contributed by atoms with Gasteiger partial charge in [-0.15, -0.1) is 0 Å². The molecule has 1 fully saturated rings. The maximum absolute atomic E-state index is 13.1. The van der Waals surface area contributed by atoms with Crippen molar-refractivity contribution in [1.82, 2.24) is 10.6 Å². The van der Waals surface area contributed by atoms with Gasteiger partial charge >= 0.3 is 0 Å². The molecule has 1 aliphatic heterocycles. The summed E-state index contributed by atoms with van der Waals surface area (Å²) in [6.45, 7) is 3.99. The SMILES string of the molecule is CC(CC(=O)NCC(O)COc1ccc(F)c(F)c1)C1CCCNC1. The van der Waals surface area contributed by atoms with Gasteiger partial charge in [0.15, 0.2) is 11.6 Å². The van der Waals surface area contributed by atoms with E-state index >= 15 is 0 Å². The van der Waals surface area contributed by atoms with Gasteiger partial charge in [-0.05, 0) is 49.9 Å². The Kier molecular flexibility index (Phi) is 7.58. The molecule has 5 nitrogen and oxygen atoms in total. The van der Waals surface area contributed by atoms with Crippen LogP contribution in [-0.2, 0) is 4.79 Å². The fraction of sp³-hybridized carbons (Fsp3) is 0.611. The van der Waals surface area contributed by atoms with E-state index in [-0.39, 0.29) is 30.7 Å². The third-order valence-electron chi connectivity index (χ3n) is 4.52. The van der Waals surface area contributed by atoms with Gasteiger partial charge in [-0.3, -0.25) is 4.79 Å². The van der Waals surface area contributed by atoms with Crippen LogP contribution in [0.4, 0.5) is 8.78 Å². The van der Waals surface area contributed by atoms with Crippen molar-refractivity contribution in [3.05, 3.63) is 29.8 Å². The summed E-state index contributed by atoms with van der Waals surface area (Å²) in [5, 5.41) is 15.9. The summed E-state index contributed by atoms with van der Waals surface area (Å²) in [6.07, 6.45) is 1.76. The first kappa shape index (κ1) is 19.6. The highest BCUT2D eigenvalue weighted by Gasteiger charge is 2.22. The molecule has 3 unspecified atom stereocenters. The van der Waals surface area contributed by atoms with Gasteiger partial charge in [0.2, 0.25) is 5.91 Å². The smallest absolute Gasteiger partial charge is 0.220 e. The summed E-state index contributed by atoms with van der Waals surface area (Å²) >= 11 is 0. The molecule has 0 saturated carbocycles. The molecule has 3 N–H and O–H groups in total. The van der Waals surface area contributed by atoms with Crippen molar-refractivity contribution in [3.63, 3.8) is 0 Å². The largest absolute Gasteiger partial charge is 0.491 e. The molecule has 3 atom stereocenters. The van der Waals surface area contributed by atoms with Crippen LogP contribution < -0.4 is 15.4 Å². The highest BCUT2D eigenvalue weighted by molar-refractivity contribution is 5.76. The van der Waals surface area contributed by atoms with E-state index in [9.17, 15) is 18.7 Å². The molecule has 1 amide bonds. The molecule has 1 saturated heterocycles. The molecule has 1 aliphatic rings. The van der Waals surface area contributed by atoms with Gasteiger partial charge in [-0.25, -0.2) is 8.78 Å². The van der Waals surface area contributed by atoms with Gasteiger partial charge in [-0.1, -0.05) is 6.92 Å². The van der Waals surface area contributed by atoms with Gasteiger partial charge in [0, 0.05) is 19.0 Å². The zero-order valence-corrected chi connectivity index (χ0v) is 14.4. The van der Waals surface area contributed by atoms with Crippen LogP contribution in [0.2, 0.25) is 0 Å². The van der Waals surface area contributed by atoms with Crippen LogP contribution in [0.1, 0.15) is 26.2 Å². The molecular weight excluding hydrogens is 330 g/mol. The van der Waals surface area contributed by atoms with Crippen LogP contribution >= 0.6 is 0 Å². The Morgan fingerprint density at radius 1 is 1.44 bits per heavy atom. The summed E-state index contributed by atoms with van der Waals surface area (Å²) in [7, 11) is 0. The Morgan fingerprint density at radius 3 is 2.92 bits per heavy atom. The number of aliphatic hydroxyl groups is 1. The zero-order chi connectivity index (χ0) is 18.2. The van der Waals surface area contributed by atoms with E-state index in [1.54, 1.807) is 0 Å². The Balaban J connectivity index is 1.65. The van der Waals surface area contributed by atoms with E-state index in [0.717, 1.165) is 38.1 Å². The molecule has 0 aliphatic carbocycles. The van der Waals surface area contributed by atoms with Crippen LogP contribution in [0, 0.1) is 23.5 Å². The predicted octanol–water partition coefficient (Wildman–Crippen LogP) is 1.85. The number of ether oxygens (including phenoxy) is 1. The molecule has 0 radical (unpaired) electrons. The second kappa shape index (κ2) is 9.68. The molecule has 1 aromatic carbocycles. The molecule has 2 rings (SSSR count). The number of amides is 1. The normalized spacial score (nSPS) is 19.9. The van der Waals surface area contributed by atoms with Crippen molar-refractivity contribution >= 4 is 5.91 Å². The van der Waals surface area contributed by atoms with Crippen molar-refractivity contribution < 1.29 is 23.4 Å². The van der Waals surface area contributed by atoms with Gasteiger partial charge in [0.25, 0.3) is 0 Å². The third-order valence-corrected chi connectivity index (χ3v) is 4.52. The average Bonchev–Trinajstić information content (AvgIpc) is 2.61. The van der Waals surface area contributed by atoms with E-state index in [4.69, 9.17) is 4.74 Å². The number of nitrogens with one attached hydrogen (secondary N) is 2. The molecule has 7 heteroatoms. The van der Waals surface area contributed by atoms with E-state index in [2.05, 4.69) is 17.6 Å². The Bertz CT molecular complexity index is 565. The minimum Gasteiger partial charge on any atom is -0.491 e. The lowest BCUT2D eigenvalue weighted by atomic mass is 9.85. The summed E-state index contributed by atoms with van der Waals surface area (Å²) in [4.78, 5) is 12.0. The maximum Gasteiger partial charge on any atom is 0.220 e. The molecule has 0 aromatic heterocycles. The van der Waals surface area contributed by atoms with Gasteiger partial charge in [-0.2, -0.15) is 0 Å². The fourth-order valence-electron chi connectivity index (χ4n) is 2.95. The lowest BCUT2D eigenvalue weighted by Crippen LogP contribution is -2.38. The van der Waals surface area contributed by atoms with Crippen molar-refractivity contribution in [2.75, 3.05) is 26.2 Å². The molecule has 1 heterocycles. The van der Waals surface area contributed by atoms with Gasteiger partial charge in [0.05, 0.1) is 0 Å². The minimum absolute atomic E-state index is 0.0537. The predicted molar refractivity (Wildman–Crippen MR) is 90.2 cm³/mol. The number of hydrogen-bond acceptors (Lipinski definition) is 4. The van der Waals surface area contributed by atoms with E-state index < -0.39 is 17.7 Å². The monoisotopic (exact) mass is 356 g/mol. The summed E-state index contributed by atoms with van der Waals surface area (Å²) in [5.74, 6) is -1.16. The quantitative estimate of drug-likeness (QED) is 0.665. The number of carbonyl (C=O) groups excluding carboxylic acids is 1.